The molecular weight excluding hydrogens is 280 g/mol. The number of ether oxygens (including phenoxy) is 1. The van der Waals surface area contributed by atoms with Crippen LogP contribution in [0, 0.1) is 0 Å². The molecule has 7 heteroatoms. The Morgan fingerprint density at radius 3 is 2.70 bits per heavy atom. The summed E-state index contributed by atoms with van der Waals surface area (Å²) in [5.74, 6) is 0.297. The molecule has 112 valence electrons. The molecule has 1 aliphatic carbocycles. The average molecular weight is 300 g/mol. The molecule has 0 saturated heterocycles. The third-order valence-corrected chi connectivity index (χ3v) is 5.10. The molecule has 0 radical (unpaired) electrons. The molecule has 20 heavy (non-hydrogen) atoms. The van der Waals surface area contributed by atoms with E-state index in [-0.39, 0.29) is 24.1 Å². The van der Waals surface area contributed by atoms with Gasteiger partial charge in [-0.3, -0.25) is 0 Å². The zero-order valence-electron chi connectivity index (χ0n) is 11.4. The molecule has 1 aliphatic rings. The van der Waals surface area contributed by atoms with Gasteiger partial charge in [0.2, 0.25) is 10.0 Å². The molecule has 0 heterocycles. The maximum atomic E-state index is 12.7. The van der Waals surface area contributed by atoms with Crippen LogP contribution in [0.4, 0.5) is 5.69 Å². The summed E-state index contributed by atoms with van der Waals surface area (Å²) >= 11 is 0. The van der Waals surface area contributed by atoms with Crippen molar-refractivity contribution >= 4 is 15.7 Å². The summed E-state index contributed by atoms with van der Waals surface area (Å²) < 4.78 is 32.2. The highest BCUT2D eigenvalue weighted by molar-refractivity contribution is 7.89. The first-order valence-electron chi connectivity index (χ1n) is 6.65. The van der Waals surface area contributed by atoms with Gasteiger partial charge in [0, 0.05) is 18.3 Å². The molecule has 0 aromatic heterocycles. The van der Waals surface area contributed by atoms with Crippen molar-refractivity contribution in [1.82, 2.24) is 4.31 Å². The van der Waals surface area contributed by atoms with Gasteiger partial charge < -0.3 is 15.6 Å². The van der Waals surface area contributed by atoms with Crippen molar-refractivity contribution in [3.8, 4) is 5.75 Å². The molecule has 0 amide bonds. The second-order valence-corrected chi connectivity index (χ2v) is 6.57. The van der Waals surface area contributed by atoms with Crippen molar-refractivity contribution in [2.75, 3.05) is 25.5 Å². The maximum Gasteiger partial charge on any atom is 0.247 e. The molecule has 6 nitrogen and oxygen atoms in total. The third-order valence-electron chi connectivity index (χ3n) is 3.13. The number of hydrogen-bond acceptors (Lipinski definition) is 5. The number of nitrogens with zero attached hydrogens (tertiary/aromatic N) is 1. The fourth-order valence-electron chi connectivity index (χ4n) is 2.09. The Morgan fingerprint density at radius 1 is 1.45 bits per heavy atom. The number of aliphatic hydroxyl groups is 1. The smallest absolute Gasteiger partial charge is 0.247 e. The van der Waals surface area contributed by atoms with E-state index in [9.17, 15) is 8.42 Å². The quantitative estimate of drug-likeness (QED) is 0.727. The molecule has 0 unspecified atom stereocenters. The largest absolute Gasteiger partial charge is 0.492 e. The fraction of sp³-hybridized carbons (Fsp3) is 0.538. The van der Waals surface area contributed by atoms with Crippen molar-refractivity contribution in [1.29, 1.82) is 0 Å². The standard InChI is InChI=1S/C13H20N2O4S/c1-2-19-12-6-3-10(14)9-13(12)20(17,18)15(7-8-16)11-4-5-11/h3,6,9,11,16H,2,4-5,7-8,14H2,1H3. The van der Waals surface area contributed by atoms with Gasteiger partial charge >= 0.3 is 0 Å². The lowest BCUT2D eigenvalue weighted by Crippen LogP contribution is -2.35. The molecular formula is C13H20N2O4S. The van der Waals surface area contributed by atoms with E-state index in [1.165, 1.54) is 10.4 Å². The van der Waals surface area contributed by atoms with Gasteiger partial charge in [-0.25, -0.2) is 8.42 Å². The van der Waals surface area contributed by atoms with Gasteiger partial charge in [0.1, 0.15) is 10.6 Å². The normalized spacial score (nSPS) is 15.6. The van der Waals surface area contributed by atoms with Crippen LogP contribution in [0.15, 0.2) is 23.1 Å². The van der Waals surface area contributed by atoms with Crippen LogP contribution in [0.3, 0.4) is 0 Å². The lowest BCUT2D eigenvalue weighted by atomic mass is 10.3. The van der Waals surface area contributed by atoms with Gasteiger partial charge in [-0.1, -0.05) is 0 Å². The highest BCUT2D eigenvalue weighted by Gasteiger charge is 2.39. The lowest BCUT2D eigenvalue weighted by molar-refractivity contribution is 0.249. The van der Waals surface area contributed by atoms with Gasteiger partial charge in [-0.05, 0) is 38.0 Å². The molecule has 3 N–H and O–H groups in total. The molecule has 0 aliphatic heterocycles. The Balaban J connectivity index is 2.43. The highest BCUT2D eigenvalue weighted by atomic mass is 32.2. The van der Waals surface area contributed by atoms with Crippen molar-refractivity contribution in [2.45, 2.75) is 30.7 Å². The third kappa shape index (κ3) is 3.05. The van der Waals surface area contributed by atoms with Crippen molar-refractivity contribution in [3.63, 3.8) is 0 Å². The van der Waals surface area contributed by atoms with E-state index in [2.05, 4.69) is 0 Å². The highest BCUT2D eigenvalue weighted by Crippen LogP contribution is 2.35. The lowest BCUT2D eigenvalue weighted by Gasteiger charge is -2.22. The molecule has 1 fully saturated rings. The molecule has 1 saturated carbocycles. The van der Waals surface area contributed by atoms with Gasteiger partial charge in [0.15, 0.2) is 0 Å². The van der Waals surface area contributed by atoms with E-state index in [1.807, 2.05) is 0 Å². The van der Waals surface area contributed by atoms with Gasteiger partial charge in [0.25, 0.3) is 0 Å². The Labute approximate surface area is 119 Å². The number of benzene rings is 1. The summed E-state index contributed by atoms with van der Waals surface area (Å²) in [5, 5.41) is 9.09. The minimum absolute atomic E-state index is 0.0249. The summed E-state index contributed by atoms with van der Waals surface area (Å²) in [4.78, 5) is 0.0692. The van der Waals surface area contributed by atoms with E-state index >= 15 is 0 Å². The SMILES string of the molecule is CCOc1ccc(N)cc1S(=O)(=O)N(CCO)C1CC1. The van der Waals surface area contributed by atoms with Gasteiger partial charge in [-0.15, -0.1) is 0 Å². The number of aliphatic hydroxyl groups excluding tert-OH is 1. The summed E-state index contributed by atoms with van der Waals surface area (Å²) in [5.41, 5.74) is 6.07. The monoisotopic (exact) mass is 300 g/mol. The first-order valence-corrected chi connectivity index (χ1v) is 8.09. The Kier molecular flexibility index (Phi) is 4.52. The second kappa shape index (κ2) is 5.99. The molecule has 0 spiro atoms. The Hall–Kier alpha value is -1.31. The van der Waals surface area contributed by atoms with E-state index in [4.69, 9.17) is 15.6 Å². The average Bonchev–Trinajstić information content (AvgIpc) is 3.22. The summed E-state index contributed by atoms with van der Waals surface area (Å²) in [6.07, 6.45) is 1.65. The van der Waals surface area contributed by atoms with Crippen LogP contribution in [0.2, 0.25) is 0 Å². The van der Waals surface area contributed by atoms with E-state index in [0.717, 1.165) is 12.8 Å². The van der Waals surface area contributed by atoms with E-state index in [0.29, 0.717) is 18.0 Å². The maximum absolute atomic E-state index is 12.7. The minimum atomic E-state index is -3.71. The van der Waals surface area contributed by atoms with Crippen LogP contribution in [0.1, 0.15) is 19.8 Å². The van der Waals surface area contributed by atoms with Gasteiger partial charge in [-0.2, -0.15) is 4.31 Å². The van der Waals surface area contributed by atoms with Crippen LogP contribution < -0.4 is 10.5 Å². The fourth-order valence-corrected chi connectivity index (χ4v) is 3.93. The molecule has 0 atom stereocenters. The zero-order chi connectivity index (χ0) is 14.8. The number of sulfonamides is 1. The molecule has 1 aromatic carbocycles. The first kappa shape index (κ1) is 15.1. The van der Waals surface area contributed by atoms with E-state index < -0.39 is 10.0 Å². The number of nitrogen functional groups attached to an aromatic ring is 1. The van der Waals surface area contributed by atoms with Crippen molar-refractivity contribution in [2.24, 2.45) is 0 Å². The minimum Gasteiger partial charge on any atom is -0.492 e. The van der Waals surface area contributed by atoms with Crippen LogP contribution in [-0.4, -0.2) is 43.6 Å². The number of anilines is 1. The second-order valence-electron chi connectivity index (χ2n) is 4.71. The first-order chi connectivity index (χ1) is 9.50. The summed E-state index contributed by atoms with van der Waals surface area (Å²) in [6, 6.07) is 4.56. The number of rotatable bonds is 7. The van der Waals surface area contributed by atoms with Crippen LogP contribution in [0.5, 0.6) is 5.75 Å². The molecule has 2 rings (SSSR count). The predicted molar refractivity (Wildman–Crippen MR) is 76.0 cm³/mol. The van der Waals surface area contributed by atoms with Crippen molar-refractivity contribution in [3.05, 3.63) is 18.2 Å². The summed E-state index contributed by atoms with van der Waals surface area (Å²) in [7, 11) is -3.71. The van der Waals surface area contributed by atoms with Crippen LogP contribution in [0.25, 0.3) is 0 Å². The Morgan fingerprint density at radius 2 is 2.15 bits per heavy atom. The summed E-state index contributed by atoms with van der Waals surface area (Å²) in [6.45, 7) is 2.05. The topological polar surface area (TPSA) is 92.9 Å². The van der Waals surface area contributed by atoms with E-state index in [1.54, 1.807) is 19.1 Å². The van der Waals surface area contributed by atoms with Crippen LogP contribution in [-0.2, 0) is 10.0 Å². The molecule has 0 bridgehead atoms. The number of nitrogens with two attached hydrogens (primary N) is 1. The van der Waals surface area contributed by atoms with Gasteiger partial charge in [0.05, 0.1) is 13.2 Å². The van der Waals surface area contributed by atoms with Crippen LogP contribution >= 0.6 is 0 Å². The number of hydrogen-bond donors (Lipinski definition) is 2. The zero-order valence-corrected chi connectivity index (χ0v) is 12.3. The Bertz CT molecular complexity index is 570. The molecule has 1 aromatic rings. The predicted octanol–water partition coefficient (Wildman–Crippen LogP) is 0.813. The van der Waals surface area contributed by atoms with Crippen molar-refractivity contribution < 1.29 is 18.3 Å².